The molecule has 138 valence electrons. The first-order chi connectivity index (χ1) is 12.8. The Balaban J connectivity index is 1.83. The number of carbonyl (C=O) groups excluding carboxylic acids is 1. The average molecular weight is 377 g/mol. The van der Waals surface area contributed by atoms with Crippen molar-refractivity contribution in [1.82, 2.24) is 25.1 Å². The number of fused-ring (bicyclic) bond motifs is 1. The van der Waals surface area contributed by atoms with E-state index in [1.54, 1.807) is 0 Å². The number of rotatable bonds is 2. The highest BCUT2D eigenvalue weighted by atomic mass is 19.4. The third kappa shape index (κ3) is 3.03. The largest absolute Gasteiger partial charge is 0.417 e. The molecule has 27 heavy (non-hydrogen) atoms. The van der Waals surface area contributed by atoms with Gasteiger partial charge < -0.3 is 5.32 Å². The lowest BCUT2D eigenvalue weighted by molar-refractivity contribution is -0.137. The van der Waals surface area contributed by atoms with Gasteiger partial charge in [-0.3, -0.25) is 9.48 Å². The number of nitrogens with one attached hydrogen (secondary N) is 1. The van der Waals surface area contributed by atoms with E-state index in [4.69, 9.17) is 0 Å². The first-order valence-corrected chi connectivity index (χ1v) is 7.90. The molecule has 3 aromatic rings. The molecule has 0 unspecified atom stereocenters. The molecular weight excluding hydrogens is 366 g/mol. The molecule has 0 bridgehead atoms. The van der Waals surface area contributed by atoms with Crippen LogP contribution in [0.5, 0.6) is 0 Å². The first-order valence-electron chi connectivity index (χ1n) is 7.90. The van der Waals surface area contributed by atoms with Gasteiger partial charge in [0.05, 0.1) is 23.4 Å². The maximum absolute atomic E-state index is 14.2. The van der Waals surface area contributed by atoms with Crippen molar-refractivity contribution in [2.75, 3.05) is 6.54 Å². The maximum Gasteiger partial charge on any atom is 0.417 e. The molecule has 0 saturated carbocycles. The summed E-state index contributed by atoms with van der Waals surface area (Å²) in [6.45, 7) is 0.886. The van der Waals surface area contributed by atoms with Gasteiger partial charge >= 0.3 is 6.18 Å². The number of hydrogen-bond acceptors (Lipinski definition) is 4. The standard InChI is InChI=1S/C17H11F4N5O/c18-10-3-1-2-9(17(19,20)21)14(10)15-22-5-4-11(24-15)12-8-13-16(27)23-6-7-26(13)25-12/h1-5,8H,6-7H2,(H,23,27). The predicted octanol–water partition coefficient (Wildman–Crippen LogP) is 2.91. The van der Waals surface area contributed by atoms with Crippen molar-refractivity contribution in [1.29, 1.82) is 0 Å². The molecule has 1 amide bonds. The molecule has 0 aliphatic carbocycles. The van der Waals surface area contributed by atoms with Crippen molar-refractivity contribution in [3.63, 3.8) is 0 Å². The van der Waals surface area contributed by atoms with Gasteiger partial charge in [0.25, 0.3) is 5.91 Å². The average Bonchev–Trinajstić information content (AvgIpc) is 3.07. The molecule has 0 atom stereocenters. The first kappa shape index (κ1) is 17.1. The molecule has 3 heterocycles. The summed E-state index contributed by atoms with van der Waals surface area (Å²) in [4.78, 5) is 19.7. The van der Waals surface area contributed by atoms with Gasteiger partial charge in [0.15, 0.2) is 5.82 Å². The summed E-state index contributed by atoms with van der Waals surface area (Å²) in [6, 6.07) is 5.58. The summed E-state index contributed by atoms with van der Waals surface area (Å²) in [6.07, 6.45) is -3.54. The minimum absolute atomic E-state index is 0.186. The normalized spacial score (nSPS) is 14.0. The minimum Gasteiger partial charge on any atom is -0.349 e. The quantitative estimate of drug-likeness (QED) is 0.697. The van der Waals surface area contributed by atoms with E-state index < -0.39 is 28.9 Å². The minimum atomic E-state index is -4.76. The van der Waals surface area contributed by atoms with Crippen LogP contribution in [0, 0.1) is 5.82 Å². The van der Waals surface area contributed by atoms with E-state index in [0.717, 1.165) is 18.2 Å². The predicted molar refractivity (Wildman–Crippen MR) is 86.0 cm³/mol. The van der Waals surface area contributed by atoms with Crippen LogP contribution in [-0.2, 0) is 12.7 Å². The zero-order valence-electron chi connectivity index (χ0n) is 13.6. The number of alkyl halides is 3. The van der Waals surface area contributed by atoms with E-state index in [1.807, 2.05) is 0 Å². The van der Waals surface area contributed by atoms with Crippen molar-refractivity contribution < 1.29 is 22.4 Å². The highest BCUT2D eigenvalue weighted by molar-refractivity contribution is 5.94. The zero-order valence-corrected chi connectivity index (χ0v) is 13.6. The van der Waals surface area contributed by atoms with Crippen molar-refractivity contribution in [2.45, 2.75) is 12.7 Å². The van der Waals surface area contributed by atoms with Crippen molar-refractivity contribution >= 4 is 5.91 Å². The molecule has 0 radical (unpaired) electrons. The van der Waals surface area contributed by atoms with E-state index >= 15 is 0 Å². The summed E-state index contributed by atoms with van der Waals surface area (Å²) >= 11 is 0. The second kappa shape index (κ2) is 6.15. The van der Waals surface area contributed by atoms with Gasteiger partial charge in [-0.1, -0.05) is 6.07 Å². The Hall–Kier alpha value is -3.30. The molecule has 0 saturated heterocycles. The van der Waals surface area contributed by atoms with Gasteiger partial charge in [0.2, 0.25) is 0 Å². The lowest BCUT2D eigenvalue weighted by Gasteiger charge is -2.13. The number of halogens is 4. The molecule has 1 aromatic carbocycles. The lowest BCUT2D eigenvalue weighted by Crippen LogP contribution is -2.35. The van der Waals surface area contributed by atoms with Crippen LogP contribution < -0.4 is 5.32 Å². The van der Waals surface area contributed by atoms with Gasteiger partial charge in [-0.05, 0) is 24.3 Å². The second-order valence-corrected chi connectivity index (χ2v) is 5.82. The van der Waals surface area contributed by atoms with Crippen LogP contribution in [0.15, 0.2) is 36.5 Å². The van der Waals surface area contributed by atoms with E-state index in [0.29, 0.717) is 18.8 Å². The highest BCUT2D eigenvalue weighted by Gasteiger charge is 2.36. The fourth-order valence-electron chi connectivity index (χ4n) is 2.87. The van der Waals surface area contributed by atoms with Crippen LogP contribution in [0.2, 0.25) is 0 Å². The summed E-state index contributed by atoms with van der Waals surface area (Å²) in [5.74, 6) is -1.79. The van der Waals surface area contributed by atoms with Gasteiger partial charge in [-0.15, -0.1) is 0 Å². The fourth-order valence-corrected chi connectivity index (χ4v) is 2.87. The number of benzene rings is 1. The van der Waals surface area contributed by atoms with Crippen LogP contribution >= 0.6 is 0 Å². The number of aromatic nitrogens is 4. The molecule has 0 spiro atoms. The Labute approximate surface area is 149 Å². The summed E-state index contributed by atoms with van der Waals surface area (Å²) in [7, 11) is 0. The summed E-state index contributed by atoms with van der Waals surface area (Å²) in [5, 5.41) is 6.91. The van der Waals surface area contributed by atoms with Crippen LogP contribution in [0.4, 0.5) is 17.6 Å². The number of nitrogens with zero attached hydrogens (tertiary/aromatic N) is 4. The van der Waals surface area contributed by atoms with Crippen molar-refractivity contribution in [3.8, 4) is 22.8 Å². The van der Waals surface area contributed by atoms with Crippen LogP contribution in [-0.4, -0.2) is 32.2 Å². The molecule has 1 aliphatic rings. The fraction of sp³-hybridized carbons (Fsp3) is 0.176. The Kier molecular flexibility index (Phi) is 3.90. The lowest BCUT2D eigenvalue weighted by atomic mass is 10.1. The zero-order chi connectivity index (χ0) is 19.2. The molecule has 4 rings (SSSR count). The van der Waals surface area contributed by atoms with Crippen LogP contribution in [0.1, 0.15) is 16.1 Å². The molecular formula is C17H11F4N5O. The Morgan fingerprint density at radius 1 is 1.15 bits per heavy atom. The third-order valence-electron chi connectivity index (χ3n) is 4.08. The Morgan fingerprint density at radius 2 is 1.96 bits per heavy atom. The molecule has 6 nitrogen and oxygen atoms in total. The SMILES string of the molecule is O=C1NCCn2nc(-c3ccnc(-c4c(F)cccc4C(F)(F)F)n3)cc21. The highest BCUT2D eigenvalue weighted by Crippen LogP contribution is 2.37. The van der Waals surface area contributed by atoms with Crippen molar-refractivity contribution in [2.24, 2.45) is 0 Å². The molecule has 0 fully saturated rings. The topological polar surface area (TPSA) is 72.7 Å². The van der Waals surface area contributed by atoms with Gasteiger partial charge in [0, 0.05) is 12.7 Å². The smallest absolute Gasteiger partial charge is 0.349 e. The molecule has 1 aliphatic heterocycles. The molecule has 1 N–H and O–H groups in total. The number of hydrogen-bond donors (Lipinski definition) is 1. The van der Waals surface area contributed by atoms with Crippen LogP contribution in [0.3, 0.4) is 0 Å². The summed E-state index contributed by atoms with van der Waals surface area (Å²) in [5.41, 5.74) is -1.10. The molecule has 10 heteroatoms. The van der Waals surface area contributed by atoms with E-state index in [2.05, 4.69) is 20.4 Å². The monoisotopic (exact) mass is 377 g/mol. The number of amides is 1. The maximum atomic E-state index is 14.2. The van der Waals surface area contributed by atoms with Gasteiger partial charge in [-0.2, -0.15) is 18.3 Å². The van der Waals surface area contributed by atoms with Crippen LogP contribution in [0.25, 0.3) is 22.8 Å². The van der Waals surface area contributed by atoms with Crippen molar-refractivity contribution in [3.05, 3.63) is 53.6 Å². The second-order valence-electron chi connectivity index (χ2n) is 5.82. The van der Waals surface area contributed by atoms with E-state index in [9.17, 15) is 22.4 Å². The van der Waals surface area contributed by atoms with E-state index in [1.165, 1.54) is 23.0 Å². The molecule has 2 aromatic heterocycles. The van der Waals surface area contributed by atoms with E-state index in [-0.39, 0.29) is 17.3 Å². The Morgan fingerprint density at radius 3 is 2.70 bits per heavy atom. The van der Waals surface area contributed by atoms with Gasteiger partial charge in [0.1, 0.15) is 17.2 Å². The number of carbonyl (C=O) groups is 1. The third-order valence-corrected chi connectivity index (χ3v) is 4.08. The Bertz CT molecular complexity index is 1040. The summed E-state index contributed by atoms with van der Waals surface area (Å²) < 4.78 is 55.4. The van der Waals surface area contributed by atoms with Gasteiger partial charge in [-0.25, -0.2) is 14.4 Å².